The summed E-state index contributed by atoms with van der Waals surface area (Å²) in [5.41, 5.74) is -0.510. The molecule has 0 aliphatic heterocycles. The SMILES string of the molecule is CCOC(=O)CCCC(OC(=O)c1ccc([N+](=O)[O-])cc1)C(=O)c1[nH]c(=O)[nH]c1C. The summed E-state index contributed by atoms with van der Waals surface area (Å²) in [7, 11) is 0. The van der Waals surface area contributed by atoms with Crippen LogP contribution in [-0.2, 0) is 14.3 Å². The van der Waals surface area contributed by atoms with E-state index >= 15 is 0 Å². The van der Waals surface area contributed by atoms with E-state index in [9.17, 15) is 29.3 Å². The highest BCUT2D eigenvalue weighted by Crippen LogP contribution is 2.17. The number of nitrogens with zero attached hydrogens (tertiary/aromatic N) is 1. The van der Waals surface area contributed by atoms with Gasteiger partial charge in [-0.1, -0.05) is 0 Å². The first kappa shape index (κ1) is 22.5. The predicted octanol–water partition coefficient (Wildman–Crippen LogP) is 2.06. The first-order chi connectivity index (χ1) is 14.2. The number of nitro benzene ring substituents is 1. The standard InChI is InChI=1S/C19H21N3O8/c1-3-29-15(23)6-4-5-14(17(24)16-11(2)20-19(26)21-16)30-18(25)12-7-9-13(10-8-12)22(27)28/h7-10,14H,3-6H2,1-2H3,(H2,20,21,26). The van der Waals surface area contributed by atoms with Crippen LogP contribution in [0.15, 0.2) is 29.1 Å². The molecule has 0 fully saturated rings. The molecule has 1 atom stereocenters. The Balaban J connectivity index is 2.17. The first-order valence-corrected chi connectivity index (χ1v) is 9.17. The Morgan fingerprint density at radius 1 is 1.17 bits per heavy atom. The van der Waals surface area contributed by atoms with Crippen molar-refractivity contribution in [3.8, 4) is 0 Å². The number of imidazole rings is 1. The third kappa shape index (κ3) is 5.87. The number of H-pyrrole nitrogens is 2. The van der Waals surface area contributed by atoms with E-state index in [1.807, 2.05) is 0 Å². The van der Waals surface area contributed by atoms with E-state index < -0.39 is 34.4 Å². The lowest BCUT2D eigenvalue weighted by molar-refractivity contribution is -0.384. The molecule has 160 valence electrons. The monoisotopic (exact) mass is 419 g/mol. The van der Waals surface area contributed by atoms with Crippen LogP contribution in [0.1, 0.15) is 52.7 Å². The molecule has 1 aromatic carbocycles. The van der Waals surface area contributed by atoms with Crippen molar-refractivity contribution in [3.63, 3.8) is 0 Å². The van der Waals surface area contributed by atoms with Gasteiger partial charge in [0, 0.05) is 24.2 Å². The summed E-state index contributed by atoms with van der Waals surface area (Å²) in [4.78, 5) is 63.2. The minimum Gasteiger partial charge on any atom is -0.466 e. The van der Waals surface area contributed by atoms with E-state index in [-0.39, 0.29) is 48.5 Å². The molecule has 1 unspecified atom stereocenters. The van der Waals surface area contributed by atoms with Crippen molar-refractivity contribution < 1.29 is 28.8 Å². The summed E-state index contributed by atoms with van der Waals surface area (Å²) in [6.07, 6.45) is -1.03. The maximum atomic E-state index is 12.8. The molecule has 2 aromatic rings. The molecule has 30 heavy (non-hydrogen) atoms. The molecule has 1 heterocycles. The number of esters is 2. The molecule has 0 saturated carbocycles. The second kappa shape index (κ2) is 10.1. The number of aromatic nitrogens is 2. The van der Waals surface area contributed by atoms with Gasteiger partial charge in [-0.2, -0.15) is 0 Å². The van der Waals surface area contributed by atoms with Crippen molar-refractivity contribution >= 4 is 23.4 Å². The maximum absolute atomic E-state index is 12.8. The number of nitro groups is 1. The Morgan fingerprint density at radius 3 is 2.37 bits per heavy atom. The maximum Gasteiger partial charge on any atom is 0.338 e. The number of Topliss-reactive ketones (excluding diaryl/α,β-unsaturated/α-hetero) is 1. The van der Waals surface area contributed by atoms with Gasteiger partial charge in [0.15, 0.2) is 6.10 Å². The number of hydrogen-bond acceptors (Lipinski definition) is 8. The Bertz CT molecular complexity index is 990. The fourth-order valence-electron chi connectivity index (χ4n) is 2.70. The van der Waals surface area contributed by atoms with Crippen LogP contribution in [0.3, 0.4) is 0 Å². The normalized spacial score (nSPS) is 11.5. The van der Waals surface area contributed by atoms with Gasteiger partial charge in [-0.05, 0) is 38.8 Å². The molecule has 0 bridgehead atoms. The molecule has 11 nitrogen and oxygen atoms in total. The van der Waals surface area contributed by atoms with Crippen LogP contribution in [0.2, 0.25) is 0 Å². The fraction of sp³-hybridized carbons (Fsp3) is 0.368. The van der Waals surface area contributed by atoms with E-state index in [1.165, 1.54) is 19.1 Å². The molecule has 2 rings (SSSR count). The van der Waals surface area contributed by atoms with Gasteiger partial charge < -0.3 is 19.4 Å². The van der Waals surface area contributed by atoms with Crippen molar-refractivity contribution in [1.29, 1.82) is 0 Å². The first-order valence-electron chi connectivity index (χ1n) is 9.17. The quantitative estimate of drug-likeness (QED) is 0.256. The van der Waals surface area contributed by atoms with Crippen LogP contribution in [0.5, 0.6) is 0 Å². The van der Waals surface area contributed by atoms with Crippen molar-refractivity contribution in [2.45, 2.75) is 39.2 Å². The van der Waals surface area contributed by atoms with E-state index in [1.54, 1.807) is 6.92 Å². The van der Waals surface area contributed by atoms with Gasteiger partial charge >= 0.3 is 17.6 Å². The summed E-state index contributed by atoms with van der Waals surface area (Å²) in [5, 5.41) is 10.7. The summed E-state index contributed by atoms with van der Waals surface area (Å²) in [5.74, 6) is -1.95. The number of carbonyl (C=O) groups excluding carboxylic acids is 3. The van der Waals surface area contributed by atoms with Gasteiger partial charge in [-0.15, -0.1) is 0 Å². The van der Waals surface area contributed by atoms with Gasteiger partial charge in [0.05, 0.1) is 17.1 Å². The number of nitrogens with one attached hydrogen (secondary N) is 2. The summed E-state index contributed by atoms with van der Waals surface area (Å²) >= 11 is 0. The largest absolute Gasteiger partial charge is 0.466 e. The van der Waals surface area contributed by atoms with Crippen LogP contribution in [0, 0.1) is 17.0 Å². The van der Waals surface area contributed by atoms with Crippen LogP contribution in [0.4, 0.5) is 5.69 Å². The molecule has 11 heteroatoms. The van der Waals surface area contributed by atoms with Gasteiger partial charge in [-0.25, -0.2) is 9.59 Å². The summed E-state index contributed by atoms with van der Waals surface area (Å²) in [6, 6.07) is 4.71. The van der Waals surface area contributed by atoms with E-state index in [2.05, 4.69) is 9.97 Å². The van der Waals surface area contributed by atoms with Crippen molar-refractivity contribution in [1.82, 2.24) is 9.97 Å². The molecule has 0 saturated heterocycles. The molecule has 1 aromatic heterocycles. The minimum atomic E-state index is -1.27. The Morgan fingerprint density at radius 2 is 1.83 bits per heavy atom. The lowest BCUT2D eigenvalue weighted by Gasteiger charge is -2.16. The van der Waals surface area contributed by atoms with Crippen LogP contribution in [0.25, 0.3) is 0 Å². The molecule has 0 spiro atoms. The lowest BCUT2D eigenvalue weighted by atomic mass is 10.0. The molecule has 2 N–H and O–H groups in total. The third-order valence-corrected chi connectivity index (χ3v) is 4.17. The summed E-state index contributed by atoms with van der Waals surface area (Å²) < 4.78 is 10.1. The number of carbonyl (C=O) groups is 3. The Hall–Kier alpha value is -3.76. The van der Waals surface area contributed by atoms with Gasteiger partial charge in [-0.3, -0.25) is 19.7 Å². The fourth-order valence-corrected chi connectivity index (χ4v) is 2.70. The van der Waals surface area contributed by atoms with Gasteiger partial charge in [0.25, 0.3) is 5.69 Å². The Kier molecular flexibility index (Phi) is 7.62. The smallest absolute Gasteiger partial charge is 0.338 e. The number of non-ortho nitro benzene ring substituents is 1. The predicted molar refractivity (Wildman–Crippen MR) is 103 cm³/mol. The number of benzene rings is 1. The number of ether oxygens (including phenoxy) is 2. The zero-order valence-corrected chi connectivity index (χ0v) is 16.4. The molecule has 0 radical (unpaired) electrons. The average molecular weight is 419 g/mol. The van der Waals surface area contributed by atoms with Crippen molar-refractivity contribution in [2.24, 2.45) is 0 Å². The highest BCUT2D eigenvalue weighted by Gasteiger charge is 2.28. The number of rotatable bonds is 10. The van der Waals surface area contributed by atoms with E-state index in [0.717, 1.165) is 12.1 Å². The third-order valence-electron chi connectivity index (χ3n) is 4.17. The van der Waals surface area contributed by atoms with Crippen molar-refractivity contribution in [2.75, 3.05) is 6.61 Å². The molecule has 0 aliphatic carbocycles. The van der Waals surface area contributed by atoms with E-state index in [0.29, 0.717) is 0 Å². The van der Waals surface area contributed by atoms with Crippen molar-refractivity contribution in [3.05, 3.63) is 61.8 Å². The summed E-state index contributed by atoms with van der Waals surface area (Å²) in [6.45, 7) is 3.40. The minimum absolute atomic E-state index is 0.0167. The van der Waals surface area contributed by atoms with Crippen LogP contribution < -0.4 is 5.69 Å². The number of aromatic amines is 2. The zero-order chi connectivity index (χ0) is 22.3. The zero-order valence-electron chi connectivity index (χ0n) is 16.4. The second-order valence-electron chi connectivity index (χ2n) is 6.34. The topological polar surface area (TPSA) is 161 Å². The van der Waals surface area contributed by atoms with E-state index in [4.69, 9.17) is 9.47 Å². The highest BCUT2D eigenvalue weighted by molar-refractivity contribution is 6.01. The van der Waals surface area contributed by atoms with Gasteiger partial charge in [0.1, 0.15) is 5.69 Å². The lowest BCUT2D eigenvalue weighted by Crippen LogP contribution is -2.29. The molecular formula is C19H21N3O8. The van der Waals surface area contributed by atoms with Gasteiger partial charge in [0.2, 0.25) is 5.78 Å². The molecule has 0 amide bonds. The van der Waals surface area contributed by atoms with Crippen LogP contribution >= 0.6 is 0 Å². The average Bonchev–Trinajstić information content (AvgIpc) is 3.04. The number of aryl methyl sites for hydroxylation is 1. The highest BCUT2D eigenvalue weighted by atomic mass is 16.6. The number of hydrogen-bond donors (Lipinski definition) is 2. The molecule has 0 aliphatic rings. The number of ketones is 1. The van der Waals surface area contributed by atoms with Crippen LogP contribution in [-0.4, -0.2) is 45.3 Å². The Labute approximate surface area is 170 Å². The second-order valence-corrected chi connectivity index (χ2v) is 6.34. The molecular weight excluding hydrogens is 398 g/mol.